The zero-order valence-corrected chi connectivity index (χ0v) is 20.1. The molecule has 1 aliphatic rings. The lowest BCUT2D eigenvalue weighted by Gasteiger charge is -2.27. The number of carboxylic acid groups (broad SMARTS) is 2. The molecule has 0 amide bonds. The van der Waals surface area contributed by atoms with Crippen LogP contribution in [0.4, 0.5) is 0 Å². The monoisotopic (exact) mass is 456 g/mol. The molecule has 0 heterocycles. The molecule has 176 valence electrons. The summed E-state index contributed by atoms with van der Waals surface area (Å²) in [7, 11) is 0. The predicted octanol–water partition coefficient (Wildman–Crippen LogP) is 7.58. The molecule has 0 bridgehead atoms. The van der Waals surface area contributed by atoms with E-state index in [0.717, 1.165) is 41.5 Å². The lowest BCUT2D eigenvalue weighted by molar-refractivity contribution is 0.0686. The van der Waals surface area contributed by atoms with E-state index in [0.29, 0.717) is 23.0 Å². The molecule has 0 aromatic heterocycles. The van der Waals surface area contributed by atoms with Crippen molar-refractivity contribution in [3.63, 3.8) is 0 Å². The highest BCUT2D eigenvalue weighted by Crippen LogP contribution is 2.47. The minimum absolute atomic E-state index is 0.226. The second kappa shape index (κ2) is 9.84. The number of aromatic carboxylic acids is 2. The second-order valence-electron chi connectivity index (χ2n) is 9.79. The average molecular weight is 457 g/mol. The van der Waals surface area contributed by atoms with Crippen LogP contribution in [0.25, 0.3) is 22.3 Å². The van der Waals surface area contributed by atoms with Crippen LogP contribution in [0.5, 0.6) is 0 Å². The number of hydrogen-bond acceptors (Lipinski definition) is 2. The van der Waals surface area contributed by atoms with E-state index in [4.69, 9.17) is 0 Å². The Morgan fingerprint density at radius 3 is 1.85 bits per heavy atom. The van der Waals surface area contributed by atoms with Gasteiger partial charge in [0, 0.05) is 0 Å². The Morgan fingerprint density at radius 2 is 1.35 bits per heavy atom. The standard InChI is InChI=1S/C30H32O4/c1-18(2)16-26-25(20-10-4-5-11-20)17-19(3)27(21-12-6-8-14-23(21)29(31)32)28(26)22-13-7-9-15-24(22)30(33)34/h6-9,12-15,17-18,20H,4-5,10-11,16H2,1-3H3,(H,31,32)(H,33,34). The second-order valence-corrected chi connectivity index (χ2v) is 9.79. The summed E-state index contributed by atoms with van der Waals surface area (Å²) in [5.41, 5.74) is 6.90. The molecule has 1 aliphatic carbocycles. The van der Waals surface area contributed by atoms with E-state index in [2.05, 4.69) is 19.9 Å². The van der Waals surface area contributed by atoms with Gasteiger partial charge < -0.3 is 10.2 Å². The Morgan fingerprint density at radius 1 is 0.853 bits per heavy atom. The molecule has 0 spiro atoms. The van der Waals surface area contributed by atoms with E-state index in [1.165, 1.54) is 18.4 Å². The smallest absolute Gasteiger partial charge is 0.336 e. The third kappa shape index (κ3) is 4.50. The van der Waals surface area contributed by atoms with E-state index < -0.39 is 11.9 Å². The SMILES string of the molecule is Cc1cc(C2CCCC2)c(CC(C)C)c(-c2ccccc2C(=O)O)c1-c1ccccc1C(=O)O. The first kappa shape index (κ1) is 23.7. The molecule has 1 fully saturated rings. The van der Waals surface area contributed by atoms with Gasteiger partial charge in [-0.2, -0.15) is 0 Å². The van der Waals surface area contributed by atoms with Gasteiger partial charge in [0.2, 0.25) is 0 Å². The number of rotatable bonds is 7. The first-order valence-electron chi connectivity index (χ1n) is 12.1. The fourth-order valence-electron chi connectivity index (χ4n) is 5.53. The molecule has 3 aromatic carbocycles. The summed E-state index contributed by atoms with van der Waals surface area (Å²) in [4.78, 5) is 24.5. The van der Waals surface area contributed by atoms with Crippen LogP contribution in [0.1, 0.15) is 82.9 Å². The van der Waals surface area contributed by atoms with Gasteiger partial charge in [-0.1, -0.05) is 69.2 Å². The third-order valence-corrected chi connectivity index (χ3v) is 6.93. The van der Waals surface area contributed by atoms with Crippen molar-refractivity contribution in [2.24, 2.45) is 5.92 Å². The molecule has 4 rings (SSSR count). The summed E-state index contributed by atoms with van der Waals surface area (Å²) in [6.07, 6.45) is 5.48. The van der Waals surface area contributed by atoms with Gasteiger partial charge in [-0.25, -0.2) is 9.59 Å². The van der Waals surface area contributed by atoms with Crippen LogP contribution in [0.3, 0.4) is 0 Å². The van der Waals surface area contributed by atoms with Gasteiger partial charge >= 0.3 is 11.9 Å². The Labute approximate surface area is 201 Å². The average Bonchev–Trinajstić information content (AvgIpc) is 3.34. The molecule has 34 heavy (non-hydrogen) atoms. The largest absolute Gasteiger partial charge is 0.478 e. The van der Waals surface area contributed by atoms with E-state index >= 15 is 0 Å². The Bertz CT molecular complexity index is 1230. The van der Waals surface area contributed by atoms with Gasteiger partial charge in [0.05, 0.1) is 11.1 Å². The van der Waals surface area contributed by atoms with Crippen LogP contribution >= 0.6 is 0 Å². The number of aryl methyl sites for hydroxylation is 1. The van der Waals surface area contributed by atoms with Crippen molar-refractivity contribution in [2.45, 2.75) is 58.8 Å². The third-order valence-electron chi connectivity index (χ3n) is 6.93. The van der Waals surface area contributed by atoms with E-state index in [1.807, 2.05) is 31.2 Å². The molecule has 0 unspecified atom stereocenters. The molecular weight excluding hydrogens is 424 g/mol. The summed E-state index contributed by atoms with van der Waals surface area (Å²) in [5, 5.41) is 20.0. The van der Waals surface area contributed by atoms with Crippen molar-refractivity contribution >= 4 is 11.9 Å². The predicted molar refractivity (Wildman–Crippen MR) is 136 cm³/mol. The maximum Gasteiger partial charge on any atom is 0.336 e. The van der Waals surface area contributed by atoms with E-state index in [-0.39, 0.29) is 11.1 Å². The highest BCUT2D eigenvalue weighted by Gasteiger charge is 2.28. The van der Waals surface area contributed by atoms with Crippen LogP contribution in [-0.2, 0) is 6.42 Å². The van der Waals surface area contributed by atoms with E-state index in [9.17, 15) is 19.8 Å². The normalized spacial score (nSPS) is 14.0. The van der Waals surface area contributed by atoms with Gasteiger partial charge in [0.25, 0.3) is 0 Å². The fraction of sp³-hybridized carbons (Fsp3) is 0.333. The molecule has 3 aromatic rings. The van der Waals surface area contributed by atoms with Crippen molar-refractivity contribution < 1.29 is 19.8 Å². The van der Waals surface area contributed by atoms with Crippen LogP contribution in [-0.4, -0.2) is 22.2 Å². The summed E-state index contributed by atoms with van der Waals surface area (Å²) < 4.78 is 0. The lowest BCUT2D eigenvalue weighted by Crippen LogP contribution is -2.11. The molecule has 0 atom stereocenters. The molecular formula is C30H32O4. The molecule has 0 aliphatic heterocycles. The quantitative estimate of drug-likeness (QED) is 0.384. The summed E-state index contributed by atoms with van der Waals surface area (Å²) in [6.45, 7) is 6.38. The molecule has 0 saturated heterocycles. The zero-order valence-electron chi connectivity index (χ0n) is 20.1. The van der Waals surface area contributed by atoms with Gasteiger partial charge in [-0.3, -0.25) is 0 Å². The topological polar surface area (TPSA) is 74.6 Å². The first-order valence-corrected chi connectivity index (χ1v) is 12.1. The van der Waals surface area contributed by atoms with Crippen LogP contribution < -0.4 is 0 Å². The van der Waals surface area contributed by atoms with Crippen molar-refractivity contribution in [3.8, 4) is 22.3 Å². The van der Waals surface area contributed by atoms with Crippen molar-refractivity contribution in [1.29, 1.82) is 0 Å². The first-order chi connectivity index (χ1) is 16.3. The molecule has 1 saturated carbocycles. The van der Waals surface area contributed by atoms with Crippen molar-refractivity contribution in [1.82, 2.24) is 0 Å². The highest BCUT2D eigenvalue weighted by molar-refractivity contribution is 6.04. The number of carbonyl (C=O) groups is 2. The Kier molecular flexibility index (Phi) is 6.87. The van der Waals surface area contributed by atoms with Gasteiger partial charge in [0.1, 0.15) is 0 Å². The number of hydrogen-bond donors (Lipinski definition) is 2. The van der Waals surface area contributed by atoms with E-state index in [1.54, 1.807) is 24.3 Å². The highest BCUT2D eigenvalue weighted by atomic mass is 16.4. The Hall–Kier alpha value is -3.40. The molecule has 4 nitrogen and oxygen atoms in total. The zero-order chi connectivity index (χ0) is 24.4. The maximum atomic E-state index is 12.3. The van der Waals surface area contributed by atoms with Crippen LogP contribution in [0, 0.1) is 12.8 Å². The summed E-state index contributed by atoms with van der Waals surface area (Å²) in [6, 6.07) is 16.4. The number of carboxylic acids is 2. The lowest BCUT2D eigenvalue weighted by atomic mass is 9.77. The molecule has 4 heteroatoms. The minimum atomic E-state index is -0.988. The Balaban J connectivity index is 2.17. The van der Waals surface area contributed by atoms with Gasteiger partial charge in [-0.05, 0) is 89.1 Å². The van der Waals surface area contributed by atoms with Gasteiger partial charge in [0.15, 0.2) is 0 Å². The summed E-state index contributed by atoms with van der Waals surface area (Å²) in [5.74, 6) is -1.15. The maximum absolute atomic E-state index is 12.3. The minimum Gasteiger partial charge on any atom is -0.478 e. The summed E-state index contributed by atoms with van der Waals surface area (Å²) >= 11 is 0. The van der Waals surface area contributed by atoms with Crippen LogP contribution in [0.2, 0.25) is 0 Å². The van der Waals surface area contributed by atoms with Gasteiger partial charge in [-0.15, -0.1) is 0 Å². The molecule has 2 N–H and O–H groups in total. The van der Waals surface area contributed by atoms with Crippen LogP contribution in [0.15, 0.2) is 54.6 Å². The van der Waals surface area contributed by atoms with Crippen molar-refractivity contribution in [3.05, 3.63) is 82.4 Å². The van der Waals surface area contributed by atoms with Crippen molar-refractivity contribution in [2.75, 3.05) is 0 Å². The molecule has 0 radical (unpaired) electrons. The number of benzene rings is 3. The fourth-order valence-corrected chi connectivity index (χ4v) is 5.53.